The topological polar surface area (TPSA) is 63.2 Å². The number of hydrogen-bond acceptors (Lipinski definition) is 3. The van der Waals surface area contributed by atoms with Gasteiger partial charge >= 0.3 is 0 Å². The zero-order chi connectivity index (χ0) is 7.78. The van der Waals surface area contributed by atoms with E-state index in [4.69, 9.17) is 0 Å². The van der Waals surface area contributed by atoms with E-state index in [9.17, 15) is 13.2 Å². The molecule has 10 heavy (non-hydrogen) atoms. The van der Waals surface area contributed by atoms with Crippen LogP contribution in [0.5, 0.6) is 0 Å². The quantitative estimate of drug-likeness (QED) is 0.558. The maximum atomic E-state index is 10.5. The van der Waals surface area contributed by atoms with Crippen molar-refractivity contribution in [3.05, 3.63) is 11.1 Å². The van der Waals surface area contributed by atoms with Gasteiger partial charge in [0.2, 0.25) is 5.91 Å². The second-order valence-corrected chi connectivity index (χ2v) is 3.98. The minimum absolute atomic E-state index is 0.0351. The van der Waals surface area contributed by atoms with Crippen LogP contribution in [0, 0.1) is 0 Å². The Labute approximate surface area is 58.8 Å². The van der Waals surface area contributed by atoms with Crippen LogP contribution in [-0.4, -0.2) is 20.1 Å². The molecule has 0 aromatic heterocycles. The van der Waals surface area contributed by atoms with Crippen molar-refractivity contribution in [3.8, 4) is 0 Å². The van der Waals surface area contributed by atoms with Crippen molar-refractivity contribution in [1.82, 2.24) is 5.32 Å². The zero-order valence-corrected chi connectivity index (χ0v) is 6.23. The van der Waals surface area contributed by atoms with Gasteiger partial charge in [-0.05, 0) is 0 Å². The van der Waals surface area contributed by atoms with Gasteiger partial charge in [0.25, 0.3) is 0 Å². The van der Waals surface area contributed by atoms with E-state index < -0.39 is 9.84 Å². The van der Waals surface area contributed by atoms with Gasteiger partial charge in [0, 0.05) is 12.6 Å². The molecule has 1 rings (SSSR count). The summed E-state index contributed by atoms with van der Waals surface area (Å²) in [4.78, 5) is 10.3. The molecule has 0 bridgehead atoms. The lowest BCUT2D eigenvalue weighted by atomic mass is 10.5. The summed E-state index contributed by atoms with van der Waals surface area (Å²) < 4.78 is 20.9. The molecule has 1 N–H and O–H groups in total. The zero-order valence-electron chi connectivity index (χ0n) is 5.42. The predicted molar refractivity (Wildman–Crippen MR) is 35.7 cm³/mol. The van der Waals surface area contributed by atoms with Crippen molar-refractivity contribution >= 4 is 15.7 Å². The predicted octanol–water partition coefficient (Wildman–Crippen LogP) is -0.608. The third-order valence-corrected chi connectivity index (χ3v) is 2.37. The molecule has 0 aliphatic carbocycles. The van der Waals surface area contributed by atoms with E-state index in [1.807, 2.05) is 0 Å². The molecule has 56 valence electrons. The third-order valence-electron chi connectivity index (χ3n) is 1.02. The highest BCUT2D eigenvalue weighted by atomic mass is 32.2. The summed E-state index contributed by atoms with van der Waals surface area (Å²) in [7, 11) is -2.95. The maximum absolute atomic E-state index is 10.5. The molecule has 0 aromatic carbocycles. The van der Waals surface area contributed by atoms with Crippen LogP contribution in [0.3, 0.4) is 0 Å². The highest BCUT2D eigenvalue weighted by Gasteiger charge is 2.22. The molecule has 1 aliphatic rings. The van der Waals surface area contributed by atoms with Gasteiger partial charge in [-0.25, -0.2) is 8.42 Å². The summed E-state index contributed by atoms with van der Waals surface area (Å²) in [5, 5.41) is 3.44. The van der Waals surface area contributed by atoms with Crippen molar-refractivity contribution < 1.29 is 13.2 Å². The highest BCUT2D eigenvalue weighted by Crippen LogP contribution is 2.12. The van der Waals surface area contributed by atoms with Crippen LogP contribution in [0.25, 0.3) is 0 Å². The summed E-state index contributed by atoms with van der Waals surface area (Å²) in [6.07, 6.45) is 0. The lowest BCUT2D eigenvalue weighted by Gasteiger charge is -2.14. The first-order chi connectivity index (χ1) is 4.49. The van der Waals surface area contributed by atoms with Gasteiger partial charge in [0.15, 0.2) is 9.84 Å². The van der Waals surface area contributed by atoms with Crippen LogP contribution in [0.1, 0.15) is 6.92 Å². The Balaban J connectivity index is 2.60. The molecular weight excluding hydrogens is 154 g/mol. The van der Waals surface area contributed by atoms with Crippen molar-refractivity contribution in [2.24, 2.45) is 0 Å². The number of amides is 1. The van der Waals surface area contributed by atoms with E-state index >= 15 is 0 Å². The molecular formula is C5H7NO3S. The smallest absolute Gasteiger partial charge is 0.221 e. The Morgan fingerprint density at radius 2 is 2.20 bits per heavy atom. The fourth-order valence-corrected chi connectivity index (χ4v) is 1.65. The number of carbonyl (C=O) groups excluding carboxylic acids is 1. The van der Waals surface area contributed by atoms with Crippen LogP contribution in [0.15, 0.2) is 11.1 Å². The number of hydrogen-bond donors (Lipinski definition) is 1. The molecule has 0 saturated carbocycles. The summed E-state index contributed by atoms with van der Waals surface area (Å²) in [6, 6.07) is 0. The second kappa shape index (κ2) is 2.09. The van der Waals surface area contributed by atoms with Crippen molar-refractivity contribution in [2.75, 3.05) is 5.75 Å². The monoisotopic (exact) mass is 161 g/mol. The van der Waals surface area contributed by atoms with E-state index in [1.165, 1.54) is 6.92 Å². The first-order valence-electron chi connectivity index (χ1n) is 2.70. The lowest BCUT2D eigenvalue weighted by Crippen LogP contribution is -2.30. The van der Waals surface area contributed by atoms with E-state index in [1.54, 1.807) is 0 Å². The molecule has 5 heteroatoms. The van der Waals surface area contributed by atoms with Crippen molar-refractivity contribution in [2.45, 2.75) is 6.92 Å². The Morgan fingerprint density at radius 1 is 1.70 bits per heavy atom. The third kappa shape index (κ3) is 1.57. The van der Waals surface area contributed by atoms with Crippen LogP contribution >= 0.6 is 0 Å². The van der Waals surface area contributed by atoms with Crippen molar-refractivity contribution in [3.63, 3.8) is 0 Å². The molecule has 1 heterocycles. The Hall–Kier alpha value is -0.840. The summed E-state index contributed by atoms with van der Waals surface area (Å²) in [5.41, 5.74) is 0.479. The second-order valence-electron chi connectivity index (χ2n) is 2.13. The Kier molecular flexibility index (Phi) is 1.52. The average molecular weight is 161 g/mol. The first kappa shape index (κ1) is 7.27. The Bertz CT molecular complexity index is 288. The molecule has 0 aromatic rings. The summed E-state index contributed by atoms with van der Waals surface area (Å²) in [6.45, 7) is 1.34. The van der Waals surface area contributed by atoms with E-state index in [0.717, 1.165) is 5.41 Å². The maximum Gasteiger partial charge on any atom is 0.221 e. The minimum Gasteiger partial charge on any atom is -0.328 e. The molecule has 4 nitrogen and oxygen atoms in total. The number of rotatable bonds is 1. The van der Waals surface area contributed by atoms with Gasteiger partial charge in [0.1, 0.15) is 0 Å². The van der Waals surface area contributed by atoms with Gasteiger partial charge in [-0.3, -0.25) is 4.79 Å². The average Bonchev–Trinajstić information content (AvgIpc) is 1.57. The van der Waals surface area contributed by atoms with Gasteiger partial charge < -0.3 is 5.32 Å². The highest BCUT2D eigenvalue weighted by molar-refractivity contribution is 7.95. The van der Waals surface area contributed by atoms with Crippen LogP contribution in [-0.2, 0) is 14.6 Å². The Morgan fingerprint density at radius 3 is 2.50 bits per heavy atom. The molecule has 1 aliphatic heterocycles. The molecule has 1 amide bonds. The van der Waals surface area contributed by atoms with Crippen molar-refractivity contribution in [1.29, 1.82) is 0 Å². The minimum atomic E-state index is -2.95. The fourth-order valence-electron chi connectivity index (χ4n) is 0.701. The van der Waals surface area contributed by atoms with Crippen LogP contribution < -0.4 is 5.32 Å². The molecule has 0 radical (unpaired) electrons. The standard InChI is InChI=1S/C5H7NO3S/c1-4(7)6-5-2-10(8,9)3-5/h2H,3H2,1H3,(H,6,7). The molecule has 0 fully saturated rings. The van der Waals surface area contributed by atoms with Gasteiger partial charge in [-0.1, -0.05) is 0 Å². The molecule has 0 saturated heterocycles. The summed E-state index contributed by atoms with van der Waals surface area (Å²) in [5.74, 6) is -0.270. The SMILES string of the molecule is CC(=O)NC1=CS(=O)(=O)C1. The fraction of sp³-hybridized carbons (Fsp3) is 0.400. The van der Waals surface area contributed by atoms with E-state index in [-0.39, 0.29) is 11.7 Å². The van der Waals surface area contributed by atoms with Gasteiger partial charge in [0.05, 0.1) is 11.2 Å². The van der Waals surface area contributed by atoms with Gasteiger partial charge in [-0.2, -0.15) is 0 Å². The normalized spacial score (nSPS) is 20.7. The van der Waals surface area contributed by atoms with E-state index in [0.29, 0.717) is 5.70 Å². The first-order valence-corrected chi connectivity index (χ1v) is 4.42. The molecule has 0 atom stereocenters. The molecule has 0 spiro atoms. The largest absolute Gasteiger partial charge is 0.328 e. The number of carbonyl (C=O) groups is 1. The van der Waals surface area contributed by atoms with Crippen LogP contribution in [0.4, 0.5) is 0 Å². The lowest BCUT2D eigenvalue weighted by molar-refractivity contribution is -0.118. The number of sulfone groups is 1. The summed E-state index contributed by atoms with van der Waals surface area (Å²) >= 11 is 0. The van der Waals surface area contributed by atoms with Gasteiger partial charge in [-0.15, -0.1) is 0 Å². The molecule has 0 unspecified atom stereocenters. The number of nitrogens with one attached hydrogen (secondary N) is 1. The van der Waals surface area contributed by atoms with Crippen LogP contribution in [0.2, 0.25) is 0 Å². The van der Waals surface area contributed by atoms with E-state index in [2.05, 4.69) is 5.32 Å².